The number of pyridine rings is 1. The average molecular weight is 278 g/mol. The standard InChI is InChI=1S/C14H22N4O2/c1-11(2)20-14(19)10-17-5-7-18(8-6-17)13-4-3-12(15)9-16-13/h3-4,9,11H,5-8,10,15H2,1-2H3. The number of piperazine rings is 1. The summed E-state index contributed by atoms with van der Waals surface area (Å²) < 4.78 is 5.16. The van der Waals surface area contributed by atoms with Crippen molar-refractivity contribution < 1.29 is 9.53 Å². The van der Waals surface area contributed by atoms with Crippen LogP contribution < -0.4 is 10.6 Å². The highest BCUT2D eigenvalue weighted by molar-refractivity contribution is 5.71. The molecule has 110 valence electrons. The minimum Gasteiger partial charge on any atom is -0.462 e. The molecule has 1 aliphatic heterocycles. The number of nitrogen functional groups attached to an aromatic ring is 1. The fourth-order valence-corrected chi connectivity index (χ4v) is 2.20. The number of hydrogen-bond acceptors (Lipinski definition) is 6. The van der Waals surface area contributed by atoms with Gasteiger partial charge in [0.15, 0.2) is 0 Å². The van der Waals surface area contributed by atoms with Crippen LogP contribution >= 0.6 is 0 Å². The second-order valence-corrected chi connectivity index (χ2v) is 5.25. The third-order valence-electron chi connectivity index (χ3n) is 3.19. The van der Waals surface area contributed by atoms with Crippen molar-refractivity contribution in [3.8, 4) is 0 Å². The predicted molar refractivity (Wildman–Crippen MR) is 78.5 cm³/mol. The fourth-order valence-electron chi connectivity index (χ4n) is 2.20. The number of ether oxygens (including phenoxy) is 1. The number of carbonyl (C=O) groups excluding carboxylic acids is 1. The summed E-state index contributed by atoms with van der Waals surface area (Å²) in [5.41, 5.74) is 6.30. The van der Waals surface area contributed by atoms with E-state index < -0.39 is 0 Å². The van der Waals surface area contributed by atoms with E-state index >= 15 is 0 Å². The molecule has 0 radical (unpaired) electrons. The van der Waals surface area contributed by atoms with Crippen LogP contribution in [0, 0.1) is 0 Å². The van der Waals surface area contributed by atoms with Crippen molar-refractivity contribution in [2.45, 2.75) is 20.0 Å². The van der Waals surface area contributed by atoms with Gasteiger partial charge in [-0.15, -0.1) is 0 Å². The first-order chi connectivity index (χ1) is 9.54. The monoisotopic (exact) mass is 278 g/mol. The summed E-state index contributed by atoms with van der Waals surface area (Å²) in [5.74, 6) is 0.780. The van der Waals surface area contributed by atoms with Crippen LogP contribution in [0.25, 0.3) is 0 Å². The first kappa shape index (κ1) is 14.6. The van der Waals surface area contributed by atoms with Crippen LogP contribution in [0.1, 0.15) is 13.8 Å². The summed E-state index contributed by atoms with van der Waals surface area (Å²) in [5, 5.41) is 0. The molecule has 1 aromatic rings. The highest BCUT2D eigenvalue weighted by Gasteiger charge is 2.20. The third kappa shape index (κ3) is 4.09. The minimum atomic E-state index is -0.154. The molecule has 1 saturated heterocycles. The average Bonchev–Trinajstić information content (AvgIpc) is 2.39. The predicted octanol–water partition coefficient (Wildman–Crippen LogP) is 0.737. The Morgan fingerprint density at radius 3 is 2.60 bits per heavy atom. The molecule has 1 aliphatic rings. The van der Waals surface area contributed by atoms with Gasteiger partial charge in [0.05, 0.1) is 24.5 Å². The first-order valence-corrected chi connectivity index (χ1v) is 6.93. The van der Waals surface area contributed by atoms with Crippen molar-refractivity contribution >= 4 is 17.5 Å². The van der Waals surface area contributed by atoms with Crippen LogP contribution in [0.4, 0.5) is 11.5 Å². The number of esters is 1. The molecule has 0 aromatic carbocycles. The van der Waals surface area contributed by atoms with Gasteiger partial charge < -0.3 is 15.4 Å². The maximum absolute atomic E-state index is 11.6. The van der Waals surface area contributed by atoms with Crippen LogP contribution in [0.3, 0.4) is 0 Å². The van der Waals surface area contributed by atoms with Crippen molar-refractivity contribution in [2.75, 3.05) is 43.4 Å². The molecule has 0 spiro atoms. The van der Waals surface area contributed by atoms with Gasteiger partial charge in [-0.2, -0.15) is 0 Å². The van der Waals surface area contributed by atoms with Crippen LogP contribution in [-0.4, -0.2) is 54.7 Å². The van der Waals surface area contributed by atoms with Crippen molar-refractivity contribution in [3.05, 3.63) is 18.3 Å². The summed E-state index contributed by atoms with van der Waals surface area (Å²) in [6.07, 6.45) is 1.62. The van der Waals surface area contributed by atoms with Gasteiger partial charge >= 0.3 is 5.97 Å². The number of aromatic nitrogens is 1. The van der Waals surface area contributed by atoms with E-state index in [-0.39, 0.29) is 12.1 Å². The van der Waals surface area contributed by atoms with Gasteiger partial charge in [0.2, 0.25) is 0 Å². The normalized spacial score (nSPS) is 16.4. The Hall–Kier alpha value is -1.82. The maximum Gasteiger partial charge on any atom is 0.320 e. The molecule has 0 unspecified atom stereocenters. The number of carbonyl (C=O) groups is 1. The van der Waals surface area contributed by atoms with Gasteiger partial charge in [0.25, 0.3) is 0 Å². The van der Waals surface area contributed by atoms with Crippen LogP contribution in [-0.2, 0) is 9.53 Å². The molecule has 0 aliphatic carbocycles. The van der Waals surface area contributed by atoms with Gasteiger partial charge in [-0.25, -0.2) is 4.98 Å². The van der Waals surface area contributed by atoms with Gasteiger partial charge in [0, 0.05) is 26.2 Å². The second-order valence-electron chi connectivity index (χ2n) is 5.25. The number of nitrogens with zero attached hydrogens (tertiary/aromatic N) is 3. The van der Waals surface area contributed by atoms with E-state index in [9.17, 15) is 4.79 Å². The molecule has 1 fully saturated rings. The molecular weight excluding hydrogens is 256 g/mol. The van der Waals surface area contributed by atoms with Crippen LogP contribution in [0.5, 0.6) is 0 Å². The van der Waals surface area contributed by atoms with Gasteiger partial charge in [-0.05, 0) is 26.0 Å². The van der Waals surface area contributed by atoms with Gasteiger partial charge in [-0.1, -0.05) is 0 Å². The summed E-state index contributed by atoms with van der Waals surface area (Å²) in [6.45, 7) is 7.46. The molecule has 2 heterocycles. The van der Waals surface area contributed by atoms with Gasteiger partial charge in [-0.3, -0.25) is 9.69 Å². The first-order valence-electron chi connectivity index (χ1n) is 6.93. The molecular formula is C14H22N4O2. The zero-order valence-electron chi connectivity index (χ0n) is 12.1. The molecule has 0 bridgehead atoms. The summed E-state index contributed by atoms with van der Waals surface area (Å²) in [7, 11) is 0. The highest BCUT2D eigenvalue weighted by atomic mass is 16.5. The Balaban J connectivity index is 1.80. The van der Waals surface area contributed by atoms with E-state index in [2.05, 4.69) is 14.8 Å². The van der Waals surface area contributed by atoms with Crippen molar-refractivity contribution in [3.63, 3.8) is 0 Å². The van der Waals surface area contributed by atoms with E-state index in [1.807, 2.05) is 26.0 Å². The largest absolute Gasteiger partial charge is 0.462 e. The third-order valence-corrected chi connectivity index (χ3v) is 3.19. The van der Waals surface area contributed by atoms with Crippen LogP contribution in [0.15, 0.2) is 18.3 Å². The van der Waals surface area contributed by atoms with E-state index in [1.54, 1.807) is 6.20 Å². The molecule has 0 amide bonds. The molecule has 6 nitrogen and oxygen atoms in total. The Morgan fingerprint density at radius 2 is 2.05 bits per heavy atom. The minimum absolute atomic E-state index is 0.0530. The Labute approximate surface area is 119 Å². The lowest BCUT2D eigenvalue weighted by molar-refractivity contribution is -0.148. The van der Waals surface area contributed by atoms with Crippen molar-refractivity contribution in [2.24, 2.45) is 0 Å². The summed E-state index contributed by atoms with van der Waals surface area (Å²) >= 11 is 0. The molecule has 20 heavy (non-hydrogen) atoms. The van der Waals surface area contributed by atoms with E-state index in [0.29, 0.717) is 12.2 Å². The molecule has 2 N–H and O–H groups in total. The number of anilines is 2. The molecule has 1 aromatic heterocycles. The lowest BCUT2D eigenvalue weighted by Gasteiger charge is -2.34. The summed E-state index contributed by atoms with van der Waals surface area (Å²) in [4.78, 5) is 20.2. The Morgan fingerprint density at radius 1 is 1.35 bits per heavy atom. The van der Waals surface area contributed by atoms with Gasteiger partial charge in [0.1, 0.15) is 5.82 Å². The zero-order valence-corrected chi connectivity index (χ0v) is 12.1. The molecule has 2 rings (SSSR count). The van der Waals surface area contributed by atoms with Crippen molar-refractivity contribution in [1.29, 1.82) is 0 Å². The SMILES string of the molecule is CC(C)OC(=O)CN1CCN(c2ccc(N)cn2)CC1. The number of hydrogen-bond donors (Lipinski definition) is 1. The Kier molecular flexibility index (Phi) is 4.79. The zero-order chi connectivity index (χ0) is 14.5. The van der Waals surface area contributed by atoms with E-state index in [1.165, 1.54) is 0 Å². The topological polar surface area (TPSA) is 71.7 Å². The quantitative estimate of drug-likeness (QED) is 0.819. The smallest absolute Gasteiger partial charge is 0.320 e. The number of nitrogens with two attached hydrogens (primary N) is 1. The van der Waals surface area contributed by atoms with Crippen LogP contribution in [0.2, 0.25) is 0 Å². The van der Waals surface area contributed by atoms with E-state index in [0.717, 1.165) is 32.0 Å². The second kappa shape index (κ2) is 6.56. The fraction of sp³-hybridized carbons (Fsp3) is 0.571. The highest BCUT2D eigenvalue weighted by Crippen LogP contribution is 2.14. The maximum atomic E-state index is 11.6. The Bertz CT molecular complexity index is 439. The number of rotatable bonds is 4. The van der Waals surface area contributed by atoms with Crippen molar-refractivity contribution in [1.82, 2.24) is 9.88 Å². The molecule has 0 atom stereocenters. The lowest BCUT2D eigenvalue weighted by Crippen LogP contribution is -2.48. The van der Waals surface area contributed by atoms with E-state index in [4.69, 9.17) is 10.5 Å². The lowest BCUT2D eigenvalue weighted by atomic mass is 10.3. The summed E-state index contributed by atoms with van der Waals surface area (Å²) in [6, 6.07) is 3.78. The molecule has 6 heteroatoms. The molecule has 0 saturated carbocycles.